The van der Waals surface area contributed by atoms with Crippen LogP contribution >= 0.6 is 0 Å². The van der Waals surface area contributed by atoms with Crippen molar-refractivity contribution in [2.24, 2.45) is 0 Å². The van der Waals surface area contributed by atoms with Crippen LogP contribution in [0.15, 0.2) is 0 Å². The fourth-order valence-electron chi connectivity index (χ4n) is 0. The van der Waals surface area contributed by atoms with Gasteiger partial charge >= 0.3 is 0 Å². The van der Waals surface area contributed by atoms with Gasteiger partial charge < -0.3 is 16.4 Å². The number of hydrogen-bond donors (Lipinski definition) is 0. The Morgan fingerprint density at radius 3 is 0.600 bits per heavy atom. The average molecular weight is 290 g/mol. The van der Waals surface area contributed by atoms with Crippen LogP contribution in [-0.2, 0) is 0 Å². The van der Waals surface area contributed by atoms with E-state index in [2.05, 4.69) is 0 Å². The van der Waals surface area contributed by atoms with Gasteiger partial charge in [-0.3, -0.25) is 0 Å². The fourth-order valence-corrected chi connectivity index (χ4v) is 0. The Kier molecular flexibility index (Phi) is 1220. The molecule has 0 unspecified atom stereocenters. The summed E-state index contributed by atoms with van der Waals surface area (Å²) in [6, 6.07) is 0. The van der Waals surface area contributed by atoms with Crippen molar-refractivity contribution in [1.82, 2.24) is 0 Å². The molecule has 0 bridgehead atoms. The Hall–Kier alpha value is 1.30. The van der Waals surface area contributed by atoms with Crippen LogP contribution in [0, 0.1) is 0 Å². The molecule has 5 heteroatoms. The van der Waals surface area contributed by atoms with E-state index in [1.165, 1.54) is 0 Å². The Labute approximate surface area is 59.9 Å². The van der Waals surface area contributed by atoms with Gasteiger partial charge in [-0.25, -0.2) is 0 Å². The zero-order valence-electron chi connectivity index (χ0n) is 2.52. The first-order valence-corrected chi connectivity index (χ1v) is 0. The van der Waals surface area contributed by atoms with Crippen LogP contribution in [-0.4, -0.2) is 60.0 Å². The molecule has 0 aliphatic rings. The predicted octanol–water partition coefficient (Wildman–Crippen LogP) is -3.24. The predicted molar refractivity (Wildman–Crippen MR) is 22.3 cm³/mol. The van der Waals surface area contributed by atoms with Crippen LogP contribution in [0.1, 0.15) is 0 Å². The van der Waals surface area contributed by atoms with Crippen LogP contribution in [0.2, 0.25) is 0 Å². The molecule has 0 fully saturated rings. The molecule has 0 atom stereocenters. The zero-order valence-corrected chi connectivity index (χ0v) is 7.16. The molecule has 0 amide bonds. The quantitative estimate of drug-likeness (QED) is 0.419. The summed E-state index contributed by atoms with van der Waals surface area (Å²) in [5, 5.41) is 0. The van der Waals surface area contributed by atoms with Gasteiger partial charge in [-0.2, -0.15) is 0 Å². The van der Waals surface area contributed by atoms with Gasteiger partial charge in [0.1, 0.15) is 0 Å². The minimum Gasteiger partial charge on any atom is -0.412 e. The van der Waals surface area contributed by atoms with Crippen molar-refractivity contribution in [3.05, 3.63) is 0 Å². The van der Waals surface area contributed by atoms with E-state index in [4.69, 9.17) is 0 Å². The van der Waals surface area contributed by atoms with Gasteiger partial charge in [0, 0.05) is 43.6 Å². The van der Waals surface area contributed by atoms with Crippen molar-refractivity contribution in [3.63, 3.8) is 0 Å². The van der Waals surface area contributed by atoms with Crippen LogP contribution in [0.4, 0.5) is 0 Å². The van der Waals surface area contributed by atoms with E-state index in [-0.39, 0.29) is 60.0 Å². The van der Waals surface area contributed by atoms with Crippen LogP contribution in [0.5, 0.6) is 0 Å². The molecule has 0 aliphatic heterocycles. The summed E-state index contributed by atoms with van der Waals surface area (Å²) >= 11 is 0. The van der Waals surface area contributed by atoms with Crippen molar-refractivity contribution in [2.75, 3.05) is 0 Å². The summed E-state index contributed by atoms with van der Waals surface area (Å²) in [5.41, 5.74) is 0. The molecule has 0 aliphatic carbocycles. The summed E-state index contributed by atoms with van der Waals surface area (Å²) in [4.78, 5) is 0. The van der Waals surface area contributed by atoms with E-state index in [9.17, 15) is 0 Å². The van der Waals surface area contributed by atoms with Gasteiger partial charge in [0.15, 0.2) is 0 Å². The van der Waals surface area contributed by atoms with E-state index in [1.807, 2.05) is 0 Å². The molecule has 0 saturated carbocycles. The smallest absolute Gasteiger partial charge is 0 e. The number of hydrogen-bond acceptors (Lipinski definition) is 0. The maximum atomic E-state index is 0. The van der Waals surface area contributed by atoms with Gasteiger partial charge in [0.2, 0.25) is 0 Å². The van der Waals surface area contributed by atoms with Gasteiger partial charge in [-0.15, -0.1) is 0 Å². The van der Waals surface area contributed by atoms with Crippen LogP contribution in [0.3, 0.4) is 0 Å². The minimum absolute atomic E-state index is 0. The third kappa shape index (κ3) is 34.3. The molecule has 0 rings (SSSR count). The Morgan fingerprint density at radius 2 is 0.600 bits per heavy atom. The molecule has 3 nitrogen and oxygen atoms in total. The third-order valence-corrected chi connectivity index (χ3v) is 0. The van der Waals surface area contributed by atoms with Crippen molar-refractivity contribution in [1.29, 1.82) is 0 Å². The van der Waals surface area contributed by atoms with E-state index < -0.39 is 0 Å². The molecule has 0 heterocycles. The summed E-state index contributed by atoms with van der Waals surface area (Å²) in [6.07, 6.45) is 0. The normalized spacial score (nSPS) is 0. The standard InChI is InChI=1S/Al.Bi.3H2O/h;;3*1H2. The van der Waals surface area contributed by atoms with E-state index >= 15 is 0 Å². The summed E-state index contributed by atoms with van der Waals surface area (Å²) in [6.45, 7) is 0. The fraction of sp³-hybridized carbons (Fsp3) is 0. The van der Waals surface area contributed by atoms with Crippen LogP contribution < -0.4 is 0 Å². The van der Waals surface area contributed by atoms with Gasteiger partial charge in [0.25, 0.3) is 0 Å². The molecule has 0 spiro atoms. The van der Waals surface area contributed by atoms with Gasteiger partial charge in [0.05, 0.1) is 0 Å². The molecule has 0 aromatic heterocycles. The molecule has 0 aromatic rings. The first-order chi connectivity index (χ1) is 0. The number of rotatable bonds is 0. The van der Waals surface area contributed by atoms with Gasteiger partial charge in [-0.1, -0.05) is 0 Å². The average Bonchev–Trinajstić information content (AvgIpc) is 0. The van der Waals surface area contributed by atoms with Crippen molar-refractivity contribution >= 4 is 43.6 Å². The Morgan fingerprint density at radius 1 is 0.600 bits per heavy atom. The molecule has 0 saturated heterocycles. The second-order valence-corrected chi connectivity index (χ2v) is 0. The molecule has 0 aromatic carbocycles. The monoisotopic (exact) mass is 290 g/mol. The first-order valence-electron chi connectivity index (χ1n) is 0. The molecular weight excluding hydrogens is 284 g/mol. The molecular formula is H6AlBiO3. The summed E-state index contributed by atoms with van der Waals surface area (Å²) in [5.74, 6) is 0. The molecule has 6 N–H and O–H groups in total. The largest absolute Gasteiger partial charge is 0.412 e. The van der Waals surface area contributed by atoms with Crippen molar-refractivity contribution in [3.8, 4) is 0 Å². The zero-order chi connectivity index (χ0) is 0. The SMILES string of the molecule is O.O.O.[Al].[Bi]. The van der Waals surface area contributed by atoms with Crippen LogP contribution in [0.25, 0.3) is 0 Å². The third-order valence-electron chi connectivity index (χ3n) is 0. The van der Waals surface area contributed by atoms with Crippen molar-refractivity contribution in [2.45, 2.75) is 0 Å². The van der Waals surface area contributed by atoms with E-state index in [0.717, 1.165) is 0 Å². The summed E-state index contributed by atoms with van der Waals surface area (Å²) < 4.78 is 0. The molecule has 5 heavy (non-hydrogen) atoms. The molecule has 6 radical (unpaired) electrons. The minimum atomic E-state index is 0. The Bertz CT molecular complexity index is 6.85. The van der Waals surface area contributed by atoms with E-state index in [0.29, 0.717) is 0 Å². The second-order valence-electron chi connectivity index (χ2n) is 0. The van der Waals surface area contributed by atoms with E-state index in [1.54, 1.807) is 0 Å². The Balaban J connectivity index is 0. The second kappa shape index (κ2) is 58.2. The van der Waals surface area contributed by atoms with Crippen molar-refractivity contribution < 1.29 is 16.4 Å². The topological polar surface area (TPSA) is 94.5 Å². The first kappa shape index (κ1) is 105. The maximum absolute atomic E-state index is 0. The molecule has 32 valence electrons. The maximum Gasteiger partial charge on any atom is 0 e. The summed E-state index contributed by atoms with van der Waals surface area (Å²) in [7, 11) is 0. The van der Waals surface area contributed by atoms with Gasteiger partial charge in [-0.05, 0) is 0 Å².